The molecule has 2 aliphatic rings. The van der Waals surface area contributed by atoms with E-state index in [9.17, 15) is 8.42 Å². The molecular formula is C14H28N2O2S. The first-order chi connectivity index (χ1) is 8.92. The smallest absolute Gasteiger partial charge is 0.213 e. The normalized spacial score (nSPS) is 30.5. The van der Waals surface area contributed by atoms with E-state index in [1.54, 1.807) is 11.2 Å². The van der Waals surface area contributed by atoms with Crippen molar-refractivity contribution >= 4 is 10.0 Å². The van der Waals surface area contributed by atoms with Crippen LogP contribution in [0.15, 0.2) is 0 Å². The standard InChI is InChI=1S/C14H28N2O2S/c1-4-19(17,18)16-7-5-13(6-8-16)15-14-9-12(10-14)11(2)3/h11-15H,4-10H2,1-3H3. The van der Waals surface area contributed by atoms with E-state index in [0.29, 0.717) is 25.2 Å². The fourth-order valence-electron chi connectivity index (χ4n) is 3.16. The van der Waals surface area contributed by atoms with Gasteiger partial charge in [-0.1, -0.05) is 13.8 Å². The second kappa shape index (κ2) is 6.10. The third-order valence-corrected chi connectivity index (χ3v) is 6.68. The van der Waals surface area contributed by atoms with E-state index in [4.69, 9.17) is 0 Å². The Morgan fingerprint density at radius 1 is 1.16 bits per heavy atom. The molecule has 5 heteroatoms. The van der Waals surface area contributed by atoms with Crippen LogP contribution in [0.3, 0.4) is 0 Å². The highest BCUT2D eigenvalue weighted by Crippen LogP contribution is 2.34. The van der Waals surface area contributed by atoms with Crippen molar-refractivity contribution in [3.05, 3.63) is 0 Å². The quantitative estimate of drug-likeness (QED) is 0.839. The average Bonchev–Trinajstić information content (AvgIpc) is 2.33. The van der Waals surface area contributed by atoms with Gasteiger partial charge in [0.25, 0.3) is 0 Å². The summed E-state index contributed by atoms with van der Waals surface area (Å²) in [5, 5.41) is 3.71. The van der Waals surface area contributed by atoms with Crippen molar-refractivity contribution in [1.29, 1.82) is 0 Å². The Morgan fingerprint density at radius 3 is 2.21 bits per heavy atom. The Labute approximate surface area is 118 Å². The van der Waals surface area contributed by atoms with Crippen LogP contribution in [0.1, 0.15) is 46.5 Å². The van der Waals surface area contributed by atoms with Gasteiger partial charge in [-0.2, -0.15) is 0 Å². The van der Waals surface area contributed by atoms with Gasteiger partial charge in [0.1, 0.15) is 0 Å². The zero-order valence-corrected chi connectivity index (χ0v) is 13.2. The SMILES string of the molecule is CCS(=O)(=O)N1CCC(NC2CC(C(C)C)C2)CC1. The van der Waals surface area contributed by atoms with Crippen LogP contribution in [0.25, 0.3) is 0 Å². The Hall–Kier alpha value is -0.130. The highest BCUT2D eigenvalue weighted by atomic mass is 32.2. The predicted molar refractivity (Wildman–Crippen MR) is 78.5 cm³/mol. The van der Waals surface area contributed by atoms with Crippen LogP contribution in [0.5, 0.6) is 0 Å². The summed E-state index contributed by atoms with van der Waals surface area (Å²) in [4.78, 5) is 0. The van der Waals surface area contributed by atoms with Crippen molar-refractivity contribution in [3.63, 3.8) is 0 Å². The van der Waals surface area contributed by atoms with Crippen LogP contribution < -0.4 is 5.32 Å². The van der Waals surface area contributed by atoms with Crippen LogP contribution in [0, 0.1) is 11.8 Å². The molecule has 4 nitrogen and oxygen atoms in total. The first-order valence-corrected chi connectivity index (χ1v) is 9.27. The second-order valence-electron chi connectivity index (χ2n) is 6.41. The molecule has 0 radical (unpaired) electrons. The van der Waals surface area contributed by atoms with Gasteiger partial charge in [0, 0.05) is 25.2 Å². The van der Waals surface area contributed by atoms with Gasteiger partial charge in [0.2, 0.25) is 10.0 Å². The summed E-state index contributed by atoms with van der Waals surface area (Å²) < 4.78 is 25.2. The molecule has 1 aliphatic carbocycles. The molecule has 0 bridgehead atoms. The first kappa shape index (κ1) is 15.3. The number of sulfonamides is 1. The van der Waals surface area contributed by atoms with Crippen molar-refractivity contribution in [1.82, 2.24) is 9.62 Å². The summed E-state index contributed by atoms with van der Waals surface area (Å²) in [6.07, 6.45) is 4.51. The van der Waals surface area contributed by atoms with E-state index < -0.39 is 10.0 Å². The van der Waals surface area contributed by atoms with Crippen molar-refractivity contribution in [2.45, 2.75) is 58.5 Å². The molecule has 2 fully saturated rings. The van der Waals surface area contributed by atoms with Gasteiger partial charge in [-0.25, -0.2) is 12.7 Å². The van der Waals surface area contributed by atoms with Crippen molar-refractivity contribution in [2.75, 3.05) is 18.8 Å². The maximum Gasteiger partial charge on any atom is 0.213 e. The van der Waals surface area contributed by atoms with Crippen LogP contribution in [-0.4, -0.2) is 43.6 Å². The third-order valence-electron chi connectivity index (χ3n) is 4.80. The maximum absolute atomic E-state index is 11.8. The topological polar surface area (TPSA) is 49.4 Å². The minimum Gasteiger partial charge on any atom is -0.311 e. The van der Waals surface area contributed by atoms with E-state index in [1.165, 1.54) is 12.8 Å². The van der Waals surface area contributed by atoms with Crippen LogP contribution in [0.2, 0.25) is 0 Å². The molecule has 1 saturated heterocycles. The average molecular weight is 288 g/mol. The number of hydrogen-bond donors (Lipinski definition) is 1. The van der Waals surface area contributed by atoms with E-state index in [2.05, 4.69) is 19.2 Å². The summed E-state index contributed by atoms with van der Waals surface area (Å²) in [5.74, 6) is 1.91. The fraction of sp³-hybridized carbons (Fsp3) is 1.00. The third kappa shape index (κ3) is 3.70. The van der Waals surface area contributed by atoms with Gasteiger partial charge >= 0.3 is 0 Å². The van der Waals surface area contributed by atoms with Crippen molar-refractivity contribution < 1.29 is 8.42 Å². The minimum absolute atomic E-state index is 0.226. The molecule has 1 saturated carbocycles. The lowest BCUT2D eigenvalue weighted by molar-refractivity contribution is 0.144. The lowest BCUT2D eigenvalue weighted by atomic mass is 9.73. The molecule has 0 spiro atoms. The molecule has 1 aliphatic heterocycles. The predicted octanol–water partition coefficient (Wildman–Crippen LogP) is 1.82. The van der Waals surface area contributed by atoms with Crippen LogP contribution in [0.4, 0.5) is 0 Å². The van der Waals surface area contributed by atoms with Gasteiger partial charge in [0.05, 0.1) is 5.75 Å². The minimum atomic E-state index is -2.98. The van der Waals surface area contributed by atoms with Crippen molar-refractivity contribution in [3.8, 4) is 0 Å². The number of piperidine rings is 1. The highest BCUT2D eigenvalue weighted by Gasteiger charge is 2.34. The van der Waals surface area contributed by atoms with E-state index in [-0.39, 0.29) is 5.75 Å². The van der Waals surface area contributed by atoms with Crippen molar-refractivity contribution in [2.24, 2.45) is 11.8 Å². The van der Waals surface area contributed by atoms with Crippen LogP contribution in [-0.2, 0) is 10.0 Å². The summed E-state index contributed by atoms with van der Waals surface area (Å²) in [5.41, 5.74) is 0. The van der Waals surface area contributed by atoms with E-state index >= 15 is 0 Å². The van der Waals surface area contributed by atoms with Gasteiger partial charge in [0.15, 0.2) is 0 Å². The Bertz CT molecular complexity index is 380. The molecule has 2 rings (SSSR count). The summed E-state index contributed by atoms with van der Waals surface area (Å²) >= 11 is 0. The summed E-state index contributed by atoms with van der Waals surface area (Å²) in [6.45, 7) is 7.70. The molecule has 112 valence electrons. The molecule has 0 aromatic heterocycles. The van der Waals surface area contributed by atoms with Gasteiger partial charge in [-0.15, -0.1) is 0 Å². The maximum atomic E-state index is 11.8. The molecule has 1 heterocycles. The second-order valence-corrected chi connectivity index (χ2v) is 8.67. The zero-order valence-electron chi connectivity index (χ0n) is 12.4. The van der Waals surface area contributed by atoms with Gasteiger partial charge < -0.3 is 5.32 Å². The lowest BCUT2D eigenvalue weighted by Crippen LogP contribution is -2.52. The van der Waals surface area contributed by atoms with E-state index in [1.807, 2.05) is 0 Å². The molecule has 0 aromatic carbocycles. The summed E-state index contributed by atoms with van der Waals surface area (Å²) in [7, 11) is -2.98. The molecule has 0 aromatic rings. The number of hydrogen-bond acceptors (Lipinski definition) is 3. The summed E-state index contributed by atoms with van der Waals surface area (Å²) in [6, 6.07) is 1.19. The van der Waals surface area contributed by atoms with Crippen LogP contribution >= 0.6 is 0 Å². The Balaban J connectivity index is 1.70. The monoisotopic (exact) mass is 288 g/mol. The van der Waals surface area contributed by atoms with Gasteiger partial charge in [-0.05, 0) is 44.4 Å². The highest BCUT2D eigenvalue weighted by molar-refractivity contribution is 7.89. The molecule has 1 N–H and O–H groups in total. The fourth-order valence-corrected chi connectivity index (χ4v) is 4.29. The molecular weight excluding hydrogens is 260 g/mol. The molecule has 0 unspecified atom stereocenters. The molecule has 19 heavy (non-hydrogen) atoms. The molecule has 0 amide bonds. The number of rotatable bonds is 5. The lowest BCUT2D eigenvalue weighted by Gasteiger charge is -2.42. The van der Waals surface area contributed by atoms with Gasteiger partial charge in [-0.3, -0.25) is 0 Å². The largest absolute Gasteiger partial charge is 0.311 e. The van der Waals surface area contributed by atoms with E-state index in [0.717, 1.165) is 24.7 Å². The first-order valence-electron chi connectivity index (χ1n) is 7.66. The Kier molecular flexibility index (Phi) is 4.90. The number of nitrogens with one attached hydrogen (secondary N) is 1. The Morgan fingerprint density at radius 2 is 1.74 bits per heavy atom. The molecule has 0 atom stereocenters. The zero-order chi connectivity index (χ0) is 14.0. The number of nitrogens with zero attached hydrogens (tertiary/aromatic N) is 1.